The molecule has 1 nitrogen and oxygen atoms in total. The van der Waals surface area contributed by atoms with Crippen molar-refractivity contribution in [2.75, 3.05) is 0 Å². The first-order chi connectivity index (χ1) is 15.3. The fourth-order valence-corrected chi connectivity index (χ4v) is 3.79. The van der Waals surface area contributed by atoms with Crippen LogP contribution in [0.25, 0.3) is 33.0 Å². The van der Waals surface area contributed by atoms with Crippen molar-refractivity contribution in [3.05, 3.63) is 90.2 Å². The molecule has 0 saturated carbocycles. The topological polar surface area (TPSA) is 9.23 Å². The maximum atomic E-state index is 15.2. The number of fused-ring (bicyclic) bond motifs is 1. The van der Waals surface area contributed by atoms with Crippen molar-refractivity contribution in [1.29, 1.82) is 0 Å². The number of ether oxygens (including phenoxy) is 1. The molecule has 5 heteroatoms. The normalized spacial score (nSPS) is 11.7. The van der Waals surface area contributed by atoms with Gasteiger partial charge < -0.3 is 4.74 Å². The lowest BCUT2D eigenvalue weighted by molar-refractivity contribution is -0.274. The van der Waals surface area contributed by atoms with Crippen molar-refractivity contribution in [3.63, 3.8) is 0 Å². The smallest absolute Gasteiger partial charge is 0.406 e. The van der Waals surface area contributed by atoms with Crippen LogP contribution in [0.2, 0.25) is 0 Å². The highest BCUT2D eigenvalue weighted by Gasteiger charge is 2.30. The molecule has 0 aliphatic heterocycles. The number of hydrogen-bond acceptors (Lipinski definition) is 1. The van der Waals surface area contributed by atoms with Gasteiger partial charge in [-0.25, -0.2) is 4.39 Å². The van der Waals surface area contributed by atoms with Gasteiger partial charge in [-0.2, -0.15) is 0 Å². The molecule has 0 N–H and O–H groups in total. The van der Waals surface area contributed by atoms with Crippen LogP contribution >= 0.6 is 0 Å². The number of hydrogen-bond donors (Lipinski definition) is 0. The second-order valence-electron chi connectivity index (χ2n) is 7.74. The number of rotatable bonds is 6. The molecule has 0 fully saturated rings. The molecule has 0 saturated heterocycles. The molecule has 0 radical (unpaired) electrons. The van der Waals surface area contributed by atoms with Crippen LogP contribution in [0.3, 0.4) is 0 Å². The molecule has 0 bridgehead atoms. The maximum absolute atomic E-state index is 15.2. The molecule has 0 aliphatic rings. The van der Waals surface area contributed by atoms with Crippen LogP contribution in [0, 0.1) is 5.82 Å². The molecule has 0 spiro atoms. The molecule has 4 rings (SSSR count). The molecule has 0 heterocycles. The first-order valence-electron chi connectivity index (χ1n) is 10.5. The Bertz CT molecular complexity index is 1210. The summed E-state index contributed by atoms with van der Waals surface area (Å²) in [6, 6.07) is 22.6. The third kappa shape index (κ3) is 4.93. The minimum atomic E-state index is -4.72. The van der Waals surface area contributed by atoms with Gasteiger partial charge in [0.15, 0.2) is 0 Å². The molecule has 164 valence electrons. The Kier molecular flexibility index (Phi) is 6.17. The Hall–Kier alpha value is -3.34. The molecule has 4 aromatic rings. The Morgan fingerprint density at radius 1 is 0.750 bits per heavy atom. The summed E-state index contributed by atoms with van der Waals surface area (Å²) in [4.78, 5) is 0. The zero-order chi connectivity index (χ0) is 22.7. The lowest BCUT2D eigenvalue weighted by atomic mass is 9.96. The van der Waals surface area contributed by atoms with Gasteiger partial charge in [0.2, 0.25) is 0 Å². The van der Waals surface area contributed by atoms with E-state index in [9.17, 15) is 13.2 Å². The van der Waals surface area contributed by atoms with Crippen molar-refractivity contribution >= 4 is 10.8 Å². The first-order valence-corrected chi connectivity index (χ1v) is 10.5. The van der Waals surface area contributed by atoms with E-state index in [1.165, 1.54) is 17.7 Å². The summed E-state index contributed by atoms with van der Waals surface area (Å²) in [5, 5.41) is 1.48. The van der Waals surface area contributed by atoms with Gasteiger partial charge in [0, 0.05) is 10.9 Å². The van der Waals surface area contributed by atoms with E-state index in [0.29, 0.717) is 10.9 Å². The first kappa shape index (κ1) is 21.9. The second kappa shape index (κ2) is 9.03. The summed E-state index contributed by atoms with van der Waals surface area (Å²) in [5.74, 6) is -0.528. The van der Waals surface area contributed by atoms with Crippen molar-refractivity contribution in [1.82, 2.24) is 0 Å². The third-order valence-electron chi connectivity index (χ3n) is 5.45. The zero-order valence-electron chi connectivity index (χ0n) is 17.5. The molecular weight excluding hydrogens is 416 g/mol. The summed E-state index contributed by atoms with van der Waals surface area (Å²) < 4.78 is 56.1. The monoisotopic (exact) mass is 438 g/mol. The van der Waals surface area contributed by atoms with Crippen LogP contribution in [0.1, 0.15) is 25.3 Å². The molecule has 0 atom stereocenters. The highest BCUT2D eigenvalue weighted by atomic mass is 19.4. The van der Waals surface area contributed by atoms with E-state index >= 15 is 4.39 Å². The highest BCUT2D eigenvalue weighted by molar-refractivity contribution is 5.89. The summed E-state index contributed by atoms with van der Waals surface area (Å²) >= 11 is 0. The van der Waals surface area contributed by atoms with Crippen molar-refractivity contribution < 1.29 is 22.3 Å². The van der Waals surface area contributed by atoms with E-state index in [-0.39, 0.29) is 11.6 Å². The van der Waals surface area contributed by atoms with E-state index in [0.717, 1.165) is 41.3 Å². The predicted molar refractivity (Wildman–Crippen MR) is 120 cm³/mol. The van der Waals surface area contributed by atoms with Gasteiger partial charge in [-0.1, -0.05) is 80.1 Å². The van der Waals surface area contributed by atoms with Gasteiger partial charge in [-0.05, 0) is 52.6 Å². The lowest BCUT2D eigenvalue weighted by Crippen LogP contribution is -2.16. The SMILES string of the molecule is CCCCc1ccc2c(F)c(-c3ccc(-c4ccc(OC(F)(F)F)cc4)cc3)ccc2c1. The quantitative estimate of drug-likeness (QED) is 0.274. The van der Waals surface area contributed by atoms with E-state index in [2.05, 4.69) is 11.7 Å². The Balaban J connectivity index is 1.57. The molecule has 0 aromatic heterocycles. The van der Waals surface area contributed by atoms with Gasteiger partial charge in [0.25, 0.3) is 0 Å². The van der Waals surface area contributed by atoms with Crippen molar-refractivity contribution in [2.45, 2.75) is 32.5 Å². The Morgan fingerprint density at radius 3 is 2.00 bits per heavy atom. The van der Waals surface area contributed by atoms with E-state index in [4.69, 9.17) is 0 Å². The summed E-state index contributed by atoms with van der Waals surface area (Å²) in [5.41, 5.74) is 4.01. The van der Waals surface area contributed by atoms with Gasteiger partial charge in [-0.15, -0.1) is 13.2 Å². The average Bonchev–Trinajstić information content (AvgIpc) is 2.77. The number of aryl methyl sites for hydroxylation is 1. The molecule has 0 unspecified atom stereocenters. The summed E-state index contributed by atoms with van der Waals surface area (Å²) in [6.07, 6.45) is -1.51. The average molecular weight is 438 g/mol. The van der Waals surface area contributed by atoms with Crippen LogP contribution in [0.5, 0.6) is 5.75 Å². The maximum Gasteiger partial charge on any atom is 0.573 e. The standard InChI is InChI=1S/C27H22F4O/c1-2-3-4-18-5-15-25-22(17-18)12-16-24(26(25)28)21-8-6-19(7-9-21)20-10-13-23(14-11-20)32-27(29,30)31/h5-17H,2-4H2,1H3. The van der Waals surface area contributed by atoms with Gasteiger partial charge in [0.05, 0.1) is 0 Å². The Morgan fingerprint density at radius 2 is 1.38 bits per heavy atom. The van der Waals surface area contributed by atoms with Crippen molar-refractivity contribution in [3.8, 4) is 28.0 Å². The highest BCUT2D eigenvalue weighted by Crippen LogP contribution is 2.32. The fourth-order valence-electron chi connectivity index (χ4n) is 3.79. The summed E-state index contributed by atoms with van der Waals surface area (Å²) in [7, 11) is 0. The Labute approximate surface area is 184 Å². The van der Waals surface area contributed by atoms with Gasteiger partial charge in [0.1, 0.15) is 11.6 Å². The molecule has 32 heavy (non-hydrogen) atoms. The van der Waals surface area contributed by atoms with Crippen LogP contribution < -0.4 is 4.74 Å². The van der Waals surface area contributed by atoms with Crippen LogP contribution in [-0.4, -0.2) is 6.36 Å². The molecule has 0 amide bonds. The van der Waals surface area contributed by atoms with Crippen LogP contribution in [0.15, 0.2) is 78.9 Å². The second-order valence-corrected chi connectivity index (χ2v) is 7.74. The fraction of sp³-hybridized carbons (Fsp3) is 0.185. The van der Waals surface area contributed by atoms with Crippen LogP contribution in [0.4, 0.5) is 17.6 Å². The largest absolute Gasteiger partial charge is 0.573 e. The number of alkyl halides is 3. The number of halogens is 4. The summed E-state index contributed by atoms with van der Waals surface area (Å²) in [6.45, 7) is 2.15. The molecule has 4 aromatic carbocycles. The third-order valence-corrected chi connectivity index (χ3v) is 5.45. The van der Waals surface area contributed by atoms with Crippen molar-refractivity contribution in [2.24, 2.45) is 0 Å². The molecular formula is C27H22F4O. The number of unbranched alkanes of at least 4 members (excludes halogenated alkanes) is 1. The minimum Gasteiger partial charge on any atom is -0.406 e. The zero-order valence-corrected chi connectivity index (χ0v) is 17.5. The van der Waals surface area contributed by atoms with Gasteiger partial charge >= 0.3 is 6.36 Å². The van der Waals surface area contributed by atoms with Gasteiger partial charge in [-0.3, -0.25) is 0 Å². The van der Waals surface area contributed by atoms with E-state index in [1.807, 2.05) is 48.5 Å². The van der Waals surface area contributed by atoms with E-state index < -0.39 is 6.36 Å². The predicted octanol–water partition coefficient (Wildman–Crippen LogP) is 8.55. The molecule has 0 aliphatic carbocycles. The van der Waals surface area contributed by atoms with Crippen LogP contribution in [-0.2, 0) is 6.42 Å². The minimum absolute atomic E-state index is 0.258. The lowest BCUT2D eigenvalue weighted by Gasteiger charge is -2.11. The number of benzene rings is 4. The van der Waals surface area contributed by atoms with E-state index in [1.54, 1.807) is 18.2 Å².